The molecule has 0 aromatic heterocycles. The highest BCUT2D eigenvalue weighted by molar-refractivity contribution is 5.89. The summed E-state index contributed by atoms with van der Waals surface area (Å²) in [4.78, 5) is 12.0. The summed E-state index contributed by atoms with van der Waals surface area (Å²) in [5.41, 5.74) is 0.456. The SMILES string of the molecule is CCCCCCOCCCOC(CC)CCC(C)COC(=O)c1ccc(O)cc1. The zero-order chi connectivity index (χ0) is 21.3. The molecule has 1 aromatic rings. The highest BCUT2D eigenvalue weighted by Gasteiger charge is 2.13. The maximum absolute atomic E-state index is 12.0. The predicted octanol–water partition coefficient (Wildman–Crippen LogP) is 5.75. The van der Waals surface area contributed by atoms with Crippen LogP contribution in [0, 0.1) is 5.92 Å². The van der Waals surface area contributed by atoms with Gasteiger partial charge in [-0.15, -0.1) is 0 Å². The second-order valence-electron chi connectivity index (χ2n) is 7.76. The lowest BCUT2D eigenvalue weighted by Gasteiger charge is -2.19. The molecule has 5 nitrogen and oxygen atoms in total. The molecular weight excluding hydrogens is 368 g/mol. The van der Waals surface area contributed by atoms with Crippen molar-refractivity contribution in [1.82, 2.24) is 0 Å². The van der Waals surface area contributed by atoms with Crippen molar-refractivity contribution in [2.24, 2.45) is 5.92 Å². The van der Waals surface area contributed by atoms with Gasteiger partial charge in [-0.1, -0.05) is 40.0 Å². The molecule has 1 rings (SSSR count). The Labute approximate surface area is 176 Å². The maximum Gasteiger partial charge on any atom is 0.338 e. The van der Waals surface area contributed by atoms with E-state index in [4.69, 9.17) is 14.2 Å². The van der Waals surface area contributed by atoms with Crippen LogP contribution in [0.25, 0.3) is 0 Å². The van der Waals surface area contributed by atoms with Gasteiger partial charge in [-0.3, -0.25) is 0 Å². The highest BCUT2D eigenvalue weighted by Crippen LogP contribution is 2.15. The summed E-state index contributed by atoms with van der Waals surface area (Å²) in [5.74, 6) is 0.0640. The van der Waals surface area contributed by atoms with Crippen molar-refractivity contribution < 1.29 is 24.1 Å². The molecule has 0 amide bonds. The van der Waals surface area contributed by atoms with E-state index in [1.165, 1.54) is 31.4 Å². The van der Waals surface area contributed by atoms with Crippen molar-refractivity contribution in [3.05, 3.63) is 29.8 Å². The van der Waals surface area contributed by atoms with Gasteiger partial charge in [0, 0.05) is 19.8 Å². The van der Waals surface area contributed by atoms with Gasteiger partial charge in [0.1, 0.15) is 5.75 Å². The molecule has 0 aliphatic rings. The quantitative estimate of drug-likeness (QED) is 0.263. The smallest absolute Gasteiger partial charge is 0.338 e. The summed E-state index contributed by atoms with van der Waals surface area (Å²) in [7, 11) is 0. The van der Waals surface area contributed by atoms with Crippen molar-refractivity contribution in [1.29, 1.82) is 0 Å². The third-order valence-electron chi connectivity index (χ3n) is 4.97. The van der Waals surface area contributed by atoms with Gasteiger partial charge in [0.05, 0.1) is 18.3 Å². The van der Waals surface area contributed by atoms with E-state index in [-0.39, 0.29) is 23.7 Å². The molecule has 0 radical (unpaired) electrons. The predicted molar refractivity (Wildman–Crippen MR) is 116 cm³/mol. The number of phenolic OH excluding ortho intramolecular Hbond substituents is 1. The third-order valence-corrected chi connectivity index (χ3v) is 4.97. The lowest BCUT2D eigenvalue weighted by molar-refractivity contribution is 0.0198. The number of hydrogen-bond donors (Lipinski definition) is 1. The van der Waals surface area contributed by atoms with Crippen molar-refractivity contribution in [3.8, 4) is 5.75 Å². The highest BCUT2D eigenvalue weighted by atomic mass is 16.5. The van der Waals surface area contributed by atoms with E-state index in [9.17, 15) is 9.90 Å². The third kappa shape index (κ3) is 12.6. The second kappa shape index (κ2) is 16.2. The van der Waals surface area contributed by atoms with Gasteiger partial charge < -0.3 is 19.3 Å². The Bertz CT molecular complexity index is 529. The number of rotatable bonds is 17. The summed E-state index contributed by atoms with van der Waals surface area (Å²) in [6.45, 7) is 9.20. The average Bonchev–Trinajstić information content (AvgIpc) is 2.73. The number of carbonyl (C=O) groups is 1. The van der Waals surface area contributed by atoms with Crippen LogP contribution in [0.4, 0.5) is 0 Å². The molecule has 5 heteroatoms. The number of esters is 1. The fourth-order valence-corrected chi connectivity index (χ4v) is 3.00. The maximum atomic E-state index is 12.0. The van der Waals surface area contributed by atoms with Gasteiger partial charge >= 0.3 is 5.97 Å². The fourth-order valence-electron chi connectivity index (χ4n) is 3.00. The van der Waals surface area contributed by atoms with E-state index in [2.05, 4.69) is 20.8 Å². The number of unbranched alkanes of at least 4 members (excludes halogenated alkanes) is 3. The van der Waals surface area contributed by atoms with Crippen LogP contribution in [0.3, 0.4) is 0 Å². The largest absolute Gasteiger partial charge is 0.508 e. The van der Waals surface area contributed by atoms with Gasteiger partial charge in [0.15, 0.2) is 0 Å². The zero-order valence-electron chi connectivity index (χ0n) is 18.5. The molecule has 0 bridgehead atoms. The van der Waals surface area contributed by atoms with Crippen LogP contribution in [-0.4, -0.2) is 43.6 Å². The van der Waals surface area contributed by atoms with E-state index in [1.807, 2.05) is 0 Å². The van der Waals surface area contributed by atoms with E-state index in [1.54, 1.807) is 12.1 Å². The summed E-state index contributed by atoms with van der Waals surface area (Å²) in [6.07, 6.45) is 9.04. The minimum absolute atomic E-state index is 0.138. The molecule has 1 N–H and O–H groups in total. The Morgan fingerprint density at radius 1 is 0.966 bits per heavy atom. The average molecular weight is 409 g/mol. The van der Waals surface area contributed by atoms with E-state index in [0.29, 0.717) is 12.2 Å². The minimum Gasteiger partial charge on any atom is -0.508 e. The first-order valence-electron chi connectivity index (χ1n) is 11.2. The van der Waals surface area contributed by atoms with Gasteiger partial charge in [-0.2, -0.15) is 0 Å². The van der Waals surface area contributed by atoms with Gasteiger partial charge in [-0.25, -0.2) is 4.79 Å². The molecule has 0 saturated heterocycles. The monoisotopic (exact) mass is 408 g/mol. The van der Waals surface area contributed by atoms with Crippen LogP contribution in [0.15, 0.2) is 24.3 Å². The fraction of sp³-hybridized carbons (Fsp3) is 0.708. The van der Waals surface area contributed by atoms with Crippen LogP contribution in [0.5, 0.6) is 5.75 Å². The summed E-state index contributed by atoms with van der Waals surface area (Å²) < 4.78 is 17.0. The molecule has 2 unspecified atom stereocenters. The first kappa shape index (κ1) is 25.4. The van der Waals surface area contributed by atoms with Crippen molar-refractivity contribution in [3.63, 3.8) is 0 Å². The molecule has 29 heavy (non-hydrogen) atoms. The summed E-state index contributed by atoms with van der Waals surface area (Å²) in [6, 6.07) is 6.11. The van der Waals surface area contributed by atoms with Crippen LogP contribution < -0.4 is 0 Å². The Balaban J connectivity index is 2.09. The first-order chi connectivity index (χ1) is 14.1. The van der Waals surface area contributed by atoms with Crippen molar-refractivity contribution in [2.45, 2.75) is 78.2 Å². The standard InChI is InChI=1S/C24H40O5/c1-4-6-7-8-16-27-17-9-18-28-23(5-2)15-10-20(3)19-29-24(26)21-11-13-22(25)14-12-21/h11-14,20,23,25H,4-10,15-19H2,1-3H3. The lowest BCUT2D eigenvalue weighted by Crippen LogP contribution is -2.17. The van der Waals surface area contributed by atoms with Crippen LogP contribution in [0.1, 0.15) is 82.5 Å². The molecule has 166 valence electrons. The first-order valence-corrected chi connectivity index (χ1v) is 11.2. The van der Waals surface area contributed by atoms with Gasteiger partial charge in [-0.05, 0) is 62.3 Å². The molecule has 0 fully saturated rings. The molecule has 0 aliphatic carbocycles. The molecule has 2 atom stereocenters. The number of benzene rings is 1. The van der Waals surface area contributed by atoms with Gasteiger partial charge in [0.25, 0.3) is 0 Å². The number of carbonyl (C=O) groups excluding carboxylic acids is 1. The lowest BCUT2D eigenvalue weighted by atomic mass is 10.0. The number of aromatic hydroxyl groups is 1. The van der Waals surface area contributed by atoms with Crippen molar-refractivity contribution >= 4 is 5.97 Å². The normalized spacial score (nSPS) is 13.2. The topological polar surface area (TPSA) is 65.0 Å². The van der Waals surface area contributed by atoms with E-state index in [0.717, 1.165) is 51.9 Å². The molecule has 0 saturated carbocycles. The van der Waals surface area contributed by atoms with Crippen molar-refractivity contribution in [2.75, 3.05) is 26.4 Å². The number of phenols is 1. The van der Waals surface area contributed by atoms with Gasteiger partial charge in [0.2, 0.25) is 0 Å². The van der Waals surface area contributed by atoms with Crippen LogP contribution >= 0.6 is 0 Å². The molecule has 0 aliphatic heterocycles. The van der Waals surface area contributed by atoms with E-state index < -0.39 is 0 Å². The van der Waals surface area contributed by atoms with E-state index >= 15 is 0 Å². The summed E-state index contributed by atoms with van der Waals surface area (Å²) in [5, 5.41) is 9.27. The van der Waals surface area contributed by atoms with Crippen LogP contribution in [0.2, 0.25) is 0 Å². The molecule has 1 aromatic carbocycles. The Kier molecular flexibility index (Phi) is 14.2. The molecular formula is C24H40O5. The molecule has 0 heterocycles. The Hall–Kier alpha value is -1.59. The summed E-state index contributed by atoms with van der Waals surface area (Å²) >= 11 is 0. The van der Waals surface area contributed by atoms with Crippen LogP contribution in [-0.2, 0) is 14.2 Å². The number of hydrogen-bond acceptors (Lipinski definition) is 5. The number of ether oxygens (including phenoxy) is 3. The second-order valence-corrected chi connectivity index (χ2v) is 7.76. The molecule has 0 spiro atoms. The minimum atomic E-state index is -0.352. The zero-order valence-corrected chi connectivity index (χ0v) is 18.5. The Morgan fingerprint density at radius 2 is 1.69 bits per heavy atom. The Morgan fingerprint density at radius 3 is 2.38 bits per heavy atom.